The van der Waals surface area contributed by atoms with Gasteiger partial charge in [0.15, 0.2) is 0 Å². The first-order valence-electron chi connectivity index (χ1n) is 9.71. The Labute approximate surface area is 174 Å². The second kappa shape index (κ2) is 8.33. The lowest BCUT2D eigenvalue weighted by Gasteiger charge is -2.30. The highest BCUT2D eigenvalue weighted by Crippen LogP contribution is 2.36. The summed E-state index contributed by atoms with van der Waals surface area (Å²) in [5, 5.41) is 2.89. The third-order valence-electron chi connectivity index (χ3n) is 5.09. The number of hydrogen-bond donors (Lipinski definition) is 1. The molecule has 0 aliphatic carbocycles. The van der Waals surface area contributed by atoms with Crippen molar-refractivity contribution in [1.82, 2.24) is 4.90 Å². The molecule has 1 aliphatic rings. The van der Waals surface area contributed by atoms with Crippen molar-refractivity contribution < 1.29 is 14.0 Å². The Morgan fingerprint density at radius 3 is 2.53 bits per heavy atom. The van der Waals surface area contributed by atoms with E-state index in [0.29, 0.717) is 5.69 Å². The van der Waals surface area contributed by atoms with Crippen LogP contribution < -0.4 is 5.32 Å². The zero-order valence-electron chi connectivity index (χ0n) is 16.5. The number of anilines is 1. The summed E-state index contributed by atoms with van der Waals surface area (Å²) in [5.74, 6) is -0.920. The first-order chi connectivity index (χ1) is 14.5. The highest BCUT2D eigenvalue weighted by atomic mass is 19.1. The Bertz CT molecular complexity index is 1110. The number of carbonyl (C=O) groups excluding carboxylic acids is 2. The molecule has 3 aromatic carbocycles. The van der Waals surface area contributed by atoms with Gasteiger partial charge in [0.2, 0.25) is 11.8 Å². The van der Waals surface area contributed by atoms with Gasteiger partial charge in [0.05, 0.1) is 6.04 Å². The fraction of sp³-hybridized carbons (Fsp3) is 0.120. The monoisotopic (exact) mass is 400 g/mol. The lowest BCUT2D eigenvalue weighted by Crippen LogP contribution is -2.38. The number of hydrogen-bond acceptors (Lipinski definition) is 2. The van der Waals surface area contributed by atoms with Crippen molar-refractivity contribution in [3.8, 4) is 0 Å². The number of fused-ring (bicyclic) bond motifs is 1. The maximum atomic E-state index is 13.6. The van der Waals surface area contributed by atoms with Crippen LogP contribution in [0.4, 0.5) is 10.1 Å². The van der Waals surface area contributed by atoms with Crippen LogP contribution in [-0.4, -0.2) is 23.3 Å². The lowest BCUT2D eigenvalue weighted by atomic mass is 9.94. The largest absolute Gasteiger partial charge is 0.324 e. The summed E-state index contributed by atoms with van der Waals surface area (Å²) < 4.78 is 13.6. The third-order valence-corrected chi connectivity index (χ3v) is 5.09. The number of nitrogens with zero attached hydrogens (tertiary/aromatic N) is 1. The quantitative estimate of drug-likeness (QED) is 0.647. The fourth-order valence-corrected chi connectivity index (χ4v) is 3.66. The first-order valence-corrected chi connectivity index (χ1v) is 9.71. The molecule has 3 aromatic rings. The first kappa shape index (κ1) is 19.6. The molecule has 0 spiro atoms. The second-order valence-corrected chi connectivity index (χ2v) is 7.30. The number of amides is 2. The Morgan fingerprint density at radius 2 is 1.80 bits per heavy atom. The van der Waals surface area contributed by atoms with Gasteiger partial charge in [0, 0.05) is 17.3 Å². The molecule has 0 unspecified atom stereocenters. The zero-order valence-corrected chi connectivity index (χ0v) is 16.5. The van der Waals surface area contributed by atoms with E-state index in [9.17, 15) is 14.0 Å². The van der Waals surface area contributed by atoms with E-state index < -0.39 is 6.04 Å². The van der Waals surface area contributed by atoms with Crippen LogP contribution in [0.3, 0.4) is 0 Å². The van der Waals surface area contributed by atoms with Gasteiger partial charge >= 0.3 is 0 Å². The van der Waals surface area contributed by atoms with Crippen LogP contribution >= 0.6 is 0 Å². The molecule has 150 valence electrons. The standard InChI is InChI=1S/C25H21FN2O2/c1-17-7-13-22-21(15-17)25(19-9-11-20(26)12-10-19)28(16-23(29)27-22)24(30)14-8-18-5-3-2-4-6-18/h2-15,25H,16H2,1H3,(H,27,29)/b14-8-/t25-/m1/s1. The number of carbonyl (C=O) groups is 2. The van der Waals surface area contributed by atoms with E-state index in [4.69, 9.17) is 0 Å². The molecule has 0 saturated carbocycles. The van der Waals surface area contributed by atoms with Crippen molar-refractivity contribution in [3.05, 3.63) is 107 Å². The topological polar surface area (TPSA) is 49.4 Å². The zero-order chi connectivity index (χ0) is 21.1. The van der Waals surface area contributed by atoms with Gasteiger partial charge in [-0.15, -0.1) is 0 Å². The molecule has 0 radical (unpaired) electrons. The fourth-order valence-electron chi connectivity index (χ4n) is 3.66. The number of nitrogens with one attached hydrogen (secondary N) is 1. The van der Waals surface area contributed by atoms with Crippen molar-refractivity contribution >= 4 is 23.6 Å². The normalized spacial score (nSPS) is 16.1. The van der Waals surface area contributed by atoms with Crippen molar-refractivity contribution in [2.45, 2.75) is 13.0 Å². The average molecular weight is 400 g/mol. The van der Waals surface area contributed by atoms with Crippen LogP contribution in [0, 0.1) is 12.7 Å². The maximum Gasteiger partial charge on any atom is 0.247 e. The summed E-state index contributed by atoms with van der Waals surface area (Å²) in [7, 11) is 0. The van der Waals surface area contributed by atoms with Crippen LogP contribution in [0.2, 0.25) is 0 Å². The van der Waals surface area contributed by atoms with E-state index in [1.807, 2.05) is 55.5 Å². The van der Waals surface area contributed by atoms with Gasteiger partial charge in [-0.25, -0.2) is 4.39 Å². The minimum Gasteiger partial charge on any atom is -0.324 e. The molecule has 4 rings (SSSR count). The van der Waals surface area contributed by atoms with Gasteiger partial charge in [0.25, 0.3) is 0 Å². The summed E-state index contributed by atoms with van der Waals surface area (Å²) in [5.41, 5.74) is 4.08. The predicted octanol–water partition coefficient (Wildman–Crippen LogP) is 4.72. The van der Waals surface area contributed by atoms with Crippen LogP contribution in [0.5, 0.6) is 0 Å². The van der Waals surface area contributed by atoms with Gasteiger partial charge in [0.1, 0.15) is 12.4 Å². The molecule has 4 nitrogen and oxygen atoms in total. The smallest absolute Gasteiger partial charge is 0.247 e. The molecule has 1 aliphatic heterocycles. The highest BCUT2D eigenvalue weighted by Gasteiger charge is 2.32. The average Bonchev–Trinajstić information content (AvgIpc) is 2.89. The number of rotatable bonds is 3. The second-order valence-electron chi connectivity index (χ2n) is 7.30. The maximum absolute atomic E-state index is 13.6. The Kier molecular flexibility index (Phi) is 5.44. The van der Waals surface area contributed by atoms with Crippen molar-refractivity contribution in [2.75, 3.05) is 11.9 Å². The van der Waals surface area contributed by atoms with E-state index in [-0.39, 0.29) is 24.2 Å². The molecule has 0 aromatic heterocycles. The van der Waals surface area contributed by atoms with Crippen molar-refractivity contribution in [1.29, 1.82) is 0 Å². The molecule has 0 bridgehead atoms. The molecule has 2 amide bonds. The van der Waals surface area contributed by atoms with E-state index in [2.05, 4.69) is 5.32 Å². The molecular weight excluding hydrogens is 379 g/mol. The van der Waals surface area contributed by atoms with Crippen molar-refractivity contribution in [3.63, 3.8) is 0 Å². The molecule has 5 heteroatoms. The van der Waals surface area contributed by atoms with Gasteiger partial charge < -0.3 is 10.2 Å². The summed E-state index contributed by atoms with van der Waals surface area (Å²) >= 11 is 0. The third kappa shape index (κ3) is 4.15. The van der Waals surface area contributed by atoms with Gasteiger partial charge in [-0.2, -0.15) is 0 Å². The summed E-state index contributed by atoms with van der Waals surface area (Å²) in [6, 6.07) is 20.7. The molecule has 30 heavy (non-hydrogen) atoms. The minimum absolute atomic E-state index is 0.103. The van der Waals surface area contributed by atoms with Crippen LogP contribution in [0.25, 0.3) is 6.08 Å². The van der Waals surface area contributed by atoms with Crippen LogP contribution in [0.15, 0.2) is 78.9 Å². The van der Waals surface area contributed by atoms with E-state index >= 15 is 0 Å². The minimum atomic E-state index is -0.521. The van der Waals surface area contributed by atoms with E-state index in [0.717, 1.165) is 22.3 Å². The molecule has 1 atom stereocenters. The number of aryl methyl sites for hydroxylation is 1. The number of halogens is 1. The van der Waals surface area contributed by atoms with Gasteiger partial charge in [-0.3, -0.25) is 9.59 Å². The Hall–Kier alpha value is -3.73. The lowest BCUT2D eigenvalue weighted by molar-refractivity contribution is -0.131. The molecular formula is C25H21FN2O2. The molecule has 1 N–H and O–H groups in total. The molecule has 0 saturated heterocycles. The SMILES string of the molecule is Cc1ccc2c(c1)[C@@H](c1ccc(F)cc1)N(C(=O)/C=C\c1ccccc1)CC(=O)N2. The Morgan fingerprint density at radius 1 is 1.07 bits per heavy atom. The van der Waals surface area contributed by atoms with Gasteiger partial charge in [-0.05, 0) is 42.3 Å². The molecule has 0 fully saturated rings. The molecule has 1 heterocycles. The summed E-state index contributed by atoms with van der Waals surface area (Å²) in [6.07, 6.45) is 3.20. The van der Waals surface area contributed by atoms with Crippen LogP contribution in [-0.2, 0) is 9.59 Å². The summed E-state index contributed by atoms with van der Waals surface area (Å²) in [4.78, 5) is 27.3. The van der Waals surface area contributed by atoms with Crippen molar-refractivity contribution in [2.24, 2.45) is 0 Å². The predicted molar refractivity (Wildman–Crippen MR) is 115 cm³/mol. The highest BCUT2D eigenvalue weighted by molar-refractivity contribution is 6.00. The number of benzene rings is 3. The van der Waals surface area contributed by atoms with Crippen LogP contribution in [0.1, 0.15) is 28.3 Å². The summed E-state index contributed by atoms with van der Waals surface area (Å²) in [6.45, 7) is 1.85. The van der Waals surface area contributed by atoms with Gasteiger partial charge in [-0.1, -0.05) is 60.2 Å². The Balaban J connectivity index is 1.79. The van der Waals surface area contributed by atoms with E-state index in [1.165, 1.54) is 23.1 Å². The van der Waals surface area contributed by atoms with E-state index in [1.54, 1.807) is 18.2 Å².